The van der Waals surface area contributed by atoms with Crippen LogP contribution in [0.3, 0.4) is 0 Å². The van der Waals surface area contributed by atoms with E-state index in [9.17, 15) is 8.78 Å². The Balaban J connectivity index is 2.03. The number of hydrogen-bond acceptors (Lipinski definition) is 1. The van der Waals surface area contributed by atoms with Crippen molar-refractivity contribution in [2.24, 2.45) is 11.3 Å². The van der Waals surface area contributed by atoms with Crippen LogP contribution in [-0.4, -0.2) is 6.04 Å². The maximum Gasteiger partial charge on any atom is 0.127 e. The fraction of sp³-hybridized carbons (Fsp3) is 0.647. The largest absolute Gasteiger partial charge is 0.310 e. The third-order valence-electron chi connectivity index (χ3n) is 4.44. The average Bonchev–Trinajstić information content (AvgIpc) is 2.39. The summed E-state index contributed by atoms with van der Waals surface area (Å²) in [7, 11) is 0. The van der Waals surface area contributed by atoms with Crippen molar-refractivity contribution in [1.82, 2.24) is 5.32 Å². The Bertz CT molecular complexity index is 451. The fourth-order valence-corrected chi connectivity index (χ4v) is 3.33. The highest BCUT2D eigenvalue weighted by atomic mass is 19.1. The lowest BCUT2D eigenvalue weighted by Gasteiger charge is -2.41. The summed E-state index contributed by atoms with van der Waals surface area (Å²) < 4.78 is 26.8. The smallest absolute Gasteiger partial charge is 0.127 e. The molecule has 0 aromatic heterocycles. The lowest BCUT2D eigenvalue weighted by atomic mass is 9.69. The molecule has 1 aromatic carbocycles. The summed E-state index contributed by atoms with van der Waals surface area (Å²) in [6, 6.07) is 4.05. The van der Waals surface area contributed by atoms with Gasteiger partial charge in [0.1, 0.15) is 11.6 Å². The van der Waals surface area contributed by atoms with Gasteiger partial charge in [-0.05, 0) is 42.4 Å². The van der Waals surface area contributed by atoms with E-state index < -0.39 is 0 Å². The van der Waals surface area contributed by atoms with E-state index >= 15 is 0 Å². The van der Waals surface area contributed by atoms with Gasteiger partial charge in [0.15, 0.2) is 0 Å². The zero-order valence-corrected chi connectivity index (χ0v) is 12.7. The fourth-order valence-electron chi connectivity index (χ4n) is 3.33. The summed E-state index contributed by atoms with van der Waals surface area (Å²) in [5, 5.41) is 3.46. The van der Waals surface area contributed by atoms with E-state index in [1.807, 2.05) is 0 Å². The first kappa shape index (κ1) is 15.4. The molecule has 2 unspecified atom stereocenters. The first-order valence-electron chi connectivity index (χ1n) is 7.55. The van der Waals surface area contributed by atoms with Crippen molar-refractivity contribution in [2.45, 2.75) is 59.0 Å². The lowest BCUT2D eigenvalue weighted by molar-refractivity contribution is 0.130. The summed E-state index contributed by atoms with van der Waals surface area (Å²) in [6.07, 6.45) is 4.83. The molecule has 1 fully saturated rings. The minimum Gasteiger partial charge on any atom is -0.310 e. The van der Waals surface area contributed by atoms with Crippen molar-refractivity contribution in [2.75, 3.05) is 0 Å². The molecule has 1 nitrogen and oxygen atoms in total. The first-order valence-corrected chi connectivity index (χ1v) is 7.55. The van der Waals surface area contributed by atoms with Crippen molar-refractivity contribution >= 4 is 0 Å². The predicted molar refractivity (Wildman–Crippen MR) is 78.4 cm³/mol. The summed E-state index contributed by atoms with van der Waals surface area (Å²) in [6.45, 7) is 7.20. The quantitative estimate of drug-likeness (QED) is 0.849. The molecule has 1 aromatic rings. The van der Waals surface area contributed by atoms with Crippen LogP contribution in [0.15, 0.2) is 18.2 Å². The SMILES string of the molecule is CC(C)(C)C1CCCCC1NCc1cc(F)ccc1F. The van der Waals surface area contributed by atoms with Gasteiger partial charge in [-0.2, -0.15) is 0 Å². The van der Waals surface area contributed by atoms with Gasteiger partial charge < -0.3 is 5.32 Å². The molecule has 0 aliphatic heterocycles. The summed E-state index contributed by atoms with van der Waals surface area (Å²) in [5.41, 5.74) is 0.668. The van der Waals surface area contributed by atoms with E-state index in [1.54, 1.807) is 0 Å². The summed E-state index contributed by atoms with van der Waals surface area (Å²) >= 11 is 0. The van der Waals surface area contributed by atoms with Crippen molar-refractivity contribution in [3.63, 3.8) is 0 Å². The molecule has 3 heteroatoms. The van der Waals surface area contributed by atoms with Gasteiger partial charge in [-0.1, -0.05) is 33.6 Å². The number of rotatable bonds is 3. The molecule has 0 spiro atoms. The van der Waals surface area contributed by atoms with Gasteiger partial charge in [0, 0.05) is 18.2 Å². The molecule has 0 heterocycles. The van der Waals surface area contributed by atoms with Crippen LogP contribution in [0.5, 0.6) is 0 Å². The average molecular weight is 281 g/mol. The van der Waals surface area contributed by atoms with E-state index in [1.165, 1.54) is 31.4 Å². The topological polar surface area (TPSA) is 12.0 Å². The highest BCUT2D eigenvalue weighted by molar-refractivity contribution is 5.18. The molecule has 1 aliphatic rings. The molecular formula is C17H25F2N. The number of halogens is 2. The van der Waals surface area contributed by atoms with Crippen LogP contribution in [0.2, 0.25) is 0 Å². The van der Waals surface area contributed by atoms with E-state index in [0.717, 1.165) is 12.5 Å². The second-order valence-corrected chi connectivity index (χ2v) is 6.98. The highest BCUT2D eigenvalue weighted by Gasteiger charge is 2.33. The molecule has 1 N–H and O–H groups in total. The molecule has 1 aliphatic carbocycles. The Hall–Kier alpha value is -0.960. The first-order chi connectivity index (χ1) is 9.38. The Morgan fingerprint density at radius 3 is 2.55 bits per heavy atom. The van der Waals surface area contributed by atoms with Crippen molar-refractivity contribution in [1.29, 1.82) is 0 Å². The maximum atomic E-state index is 13.6. The number of hydrogen-bond donors (Lipinski definition) is 1. The lowest BCUT2D eigenvalue weighted by Crippen LogP contribution is -2.44. The summed E-state index contributed by atoms with van der Waals surface area (Å²) in [4.78, 5) is 0. The minimum atomic E-state index is -0.376. The van der Waals surface area contributed by atoms with Gasteiger partial charge in [0.2, 0.25) is 0 Å². The van der Waals surface area contributed by atoms with Crippen molar-refractivity contribution < 1.29 is 8.78 Å². The third kappa shape index (κ3) is 3.78. The molecule has 0 radical (unpaired) electrons. The van der Waals surface area contributed by atoms with Gasteiger partial charge >= 0.3 is 0 Å². The van der Waals surface area contributed by atoms with Gasteiger partial charge in [0.05, 0.1) is 0 Å². The van der Waals surface area contributed by atoms with Crippen LogP contribution in [0, 0.1) is 23.0 Å². The molecule has 0 bridgehead atoms. The van der Waals surface area contributed by atoms with Crippen LogP contribution in [0.1, 0.15) is 52.0 Å². The Labute approximate surface area is 120 Å². The predicted octanol–water partition coefficient (Wildman–Crippen LogP) is 4.66. The molecule has 2 atom stereocenters. The van der Waals surface area contributed by atoms with E-state index in [2.05, 4.69) is 26.1 Å². The standard InChI is InChI=1S/C17H25F2N/c1-17(2,3)14-6-4-5-7-16(14)20-11-12-10-13(18)8-9-15(12)19/h8-10,14,16,20H,4-7,11H2,1-3H3. The molecule has 0 saturated heterocycles. The number of benzene rings is 1. The van der Waals surface area contributed by atoms with Crippen LogP contribution in [0.4, 0.5) is 8.78 Å². The van der Waals surface area contributed by atoms with E-state index in [0.29, 0.717) is 24.1 Å². The van der Waals surface area contributed by atoms with Crippen LogP contribution < -0.4 is 5.32 Å². The Morgan fingerprint density at radius 2 is 1.85 bits per heavy atom. The van der Waals surface area contributed by atoms with Gasteiger partial charge in [0.25, 0.3) is 0 Å². The monoisotopic (exact) mass is 281 g/mol. The van der Waals surface area contributed by atoms with Crippen LogP contribution >= 0.6 is 0 Å². The highest BCUT2D eigenvalue weighted by Crippen LogP contribution is 2.38. The summed E-state index contributed by atoms with van der Waals surface area (Å²) in [5.74, 6) is -0.117. The molecule has 0 amide bonds. The van der Waals surface area contributed by atoms with Crippen LogP contribution in [0.25, 0.3) is 0 Å². The zero-order valence-electron chi connectivity index (χ0n) is 12.7. The molecule has 20 heavy (non-hydrogen) atoms. The maximum absolute atomic E-state index is 13.6. The molecule has 1 saturated carbocycles. The second-order valence-electron chi connectivity index (χ2n) is 6.98. The van der Waals surface area contributed by atoms with Gasteiger partial charge in [-0.15, -0.1) is 0 Å². The zero-order chi connectivity index (χ0) is 14.8. The second kappa shape index (κ2) is 6.21. The minimum absolute atomic E-state index is 0.249. The van der Waals surface area contributed by atoms with Crippen LogP contribution in [-0.2, 0) is 6.54 Å². The normalized spacial score (nSPS) is 23.9. The number of nitrogens with one attached hydrogen (secondary N) is 1. The van der Waals surface area contributed by atoms with E-state index in [-0.39, 0.29) is 17.0 Å². The van der Waals surface area contributed by atoms with Gasteiger partial charge in [-0.3, -0.25) is 0 Å². The van der Waals surface area contributed by atoms with Gasteiger partial charge in [-0.25, -0.2) is 8.78 Å². The molecule has 2 rings (SSSR count). The van der Waals surface area contributed by atoms with Crippen molar-refractivity contribution in [3.05, 3.63) is 35.4 Å². The van der Waals surface area contributed by atoms with E-state index in [4.69, 9.17) is 0 Å². The van der Waals surface area contributed by atoms with Crippen molar-refractivity contribution in [3.8, 4) is 0 Å². The molecule has 112 valence electrons. The Kier molecular flexibility index (Phi) is 4.79. The Morgan fingerprint density at radius 1 is 1.15 bits per heavy atom. The third-order valence-corrected chi connectivity index (χ3v) is 4.44. The molecular weight excluding hydrogens is 256 g/mol.